The van der Waals surface area contributed by atoms with E-state index in [1.54, 1.807) is 42.7 Å². The summed E-state index contributed by atoms with van der Waals surface area (Å²) in [6.45, 7) is 6.54. The molecule has 1 aliphatic rings. The van der Waals surface area contributed by atoms with Gasteiger partial charge in [-0.05, 0) is 99.0 Å². The second-order valence-electron chi connectivity index (χ2n) is 10.6. The molecule has 0 amide bonds. The lowest BCUT2D eigenvalue weighted by Crippen LogP contribution is -2.35. The fourth-order valence-electron chi connectivity index (χ4n) is 5.00. The van der Waals surface area contributed by atoms with Crippen molar-refractivity contribution in [3.8, 4) is 5.75 Å². The standard InChI is InChI=1S/C30H26F4N4O2.C4H4N2/c1-17-18(2)35-29(36-24-10-8-23(31)9-11-24)37-27(17)38-14-13-20-7-12-25(16-26(20)19(38)3)40-28(39)21-5-4-6-22(15-21)30(32,33)34;1-2-5-4-6-3-1/h4-12,15-16,19H,13-14H2,1-3H3,(H,35,36,37);1-4H. The molecule has 1 aliphatic heterocycles. The third kappa shape index (κ3) is 7.63. The summed E-state index contributed by atoms with van der Waals surface area (Å²) in [5.41, 5.74) is 3.25. The number of aromatic nitrogens is 4. The number of esters is 1. The normalized spacial score (nSPS) is 14.1. The largest absolute Gasteiger partial charge is 0.423 e. The number of nitrogens with one attached hydrogen (secondary N) is 1. The topological polar surface area (TPSA) is 93.1 Å². The van der Waals surface area contributed by atoms with Crippen LogP contribution in [0.2, 0.25) is 0 Å². The predicted molar refractivity (Wildman–Crippen MR) is 166 cm³/mol. The molecule has 3 aromatic carbocycles. The minimum atomic E-state index is -4.56. The van der Waals surface area contributed by atoms with Crippen LogP contribution in [0.5, 0.6) is 5.75 Å². The summed E-state index contributed by atoms with van der Waals surface area (Å²) in [4.78, 5) is 31.5. The minimum Gasteiger partial charge on any atom is -0.423 e. The molecular weight excluding hydrogens is 600 g/mol. The summed E-state index contributed by atoms with van der Waals surface area (Å²) in [7, 11) is 0. The lowest BCUT2D eigenvalue weighted by molar-refractivity contribution is -0.137. The fourth-order valence-corrected chi connectivity index (χ4v) is 5.00. The van der Waals surface area contributed by atoms with Crippen molar-refractivity contribution >= 4 is 23.4 Å². The predicted octanol–water partition coefficient (Wildman–Crippen LogP) is 7.81. The van der Waals surface area contributed by atoms with Crippen molar-refractivity contribution in [2.75, 3.05) is 16.8 Å². The van der Waals surface area contributed by atoms with Crippen molar-refractivity contribution < 1.29 is 27.1 Å². The van der Waals surface area contributed by atoms with Gasteiger partial charge >= 0.3 is 12.1 Å². The van der Waals surface area contributed by atoms with Gasteiger partial charge in [-0.2, -0.15) is 18.2 Å². The van der Waals surface area contributed by atoms with E-state index in [1.165, 1.54) is 30.6 Å². The highest BCUT2D eigenvalue weighted by Crippen LogP contribution is 2.37. The zero-order chi connectivity index (χ0) is 32.8. The lowest BCUT2D eigenvalue weighted by atomic mass is 9.93. The lowest BCUT2D eigenvalue weighted by Gasteiger charge is -2.37. The van der Waals surface area contributed by atoms with Gasteiger partial charge in [0.15, 0.2) is 0 Å². The SMILES string of the molecule is Cc1nc(Nc2ccc(F)cc2)nc(N2CCc3ccc(OC(=O)c4cccc(C(F)(F)F)c4)cc3C2C)c1C.c1cncnc1. The number of nitrogens with zero attached hydrogens (tertiary/aromatic N) is 5. The van der Waals surface area contributed by atoms with E-state index in [0.29, 0.717) is 24.6 Å². The van der Waals surface area contributed by atoms with Crippen molar-refractivity contribution in [2.45, 2.75) is 39.4 Å². The van der Waals surface area contributed by atoms with Gasteiger partial charge in [0.25, 0.3) is 0 Å². The molecule has 1 atom stereocenters. The van der Waals surface area contributed by atoms with Gasteiger partial charge in [0.05, 0.1) is 17.2 Å². The summed E-state index contributed by atoms with van der Waals surface area (Å²) in [6, 6.07) is 17.0. The number of hydrogen-bond acceptors (Lipinski definition) is 8. The Balaban J connectivity index is 0.000000624. The maximum absolute atomic E-state index is 13.3. The summed E-state index contributed by atoms with van der Waals surface area (Å²) in [5.74, 6) is 0.148. The number of benzene rings is 3. The van der Waals surface area contributed by atoms with E-state index in [1.807, 2.05) is 26.8 Å². The van der Waals surface area contributed by atoms with Crippen molar-refractivity contribution in [1.82, 2.24) is 19.9 Å². The third-order valence-electron chi connectivity index (χ3n) is 7.51. The minimum absolute atomic E-state index is 0.150. The van der Waals surface area contributed by atoms with Crippen LogP contribution in [0.1, 0.15) is 51.3 Å². The van der Waals surface area contributed by atoms with Gasteiger partial charge in [-0.15, -0.1) is 0 Å². The molecular formula is C34H30F4N6O2. The number of carbonyl (C=O) groups is 1. The summed E-state index contributed by atoms with van der Waals surface area (Å²) < 4.78 is 58.1. The molecule has 0 bridgehead atoms. The van der Waals surface area contributed by atoms with Gasteiger partial charge in [0.1, 0.15) is 23.7 Å². The quantitative estimate of drug-likeness (QED) is 0.119. The highest BCUT2D eigenvalue weighted by molar-refractivity contribution is 5.91. The van der Waals surface area contributed by atoms with Crippen molar-refractivity contribution in [3.05, 3.63) is 131 Å². The summed E-state index contributed by atoms with van der Waals surface area (Å²) >= 11 is 0. The van der Waals surface area contributed by atoms with Gasteiger partial charge < -0.3 is 15.0 Å². The summed E-state index contributed by atoms with van der Waals surface area (Å²) in [5, 5.41) is 3.13. The Kier molecular flexibility index (Phi) is 9.55. The maximum Gasteiger partial charge on any atom is 0.416 e. The van der Waals surface area contributed by atoms with Crippen LogP contribution < -0.4 is 15.0 Å². The number of fused-ring (bicyclic) bond motifs is 1. The number of hydrogen-bond donors (Lipinski definition) is 1. The number of anilines is 3. The maximum atomic E-state index is 13.3. The first-order chi connectivity index (χ1) is 22.0. The number of carbonyl (C=O) groups excluding carboxylic acids is 1. The van der Waals surface area contributed by atoms with Crippen LogP contribution in [0.4, 0.5) is 35.0 Å². The second-order valence-corrected chi connectivity index (χ2v) is 10.6. The molecule has 0 saturated heterocycles. The number of rotatable bonds is 5. The molecule has 5 aromatic rings. The zero-order valence-corrected chi connectivity index (χ0v) is 25.2. The van der Waals surface area contributed by atoms with E-state index in [2.05, 4.69) is 25.2 Å². The number of alkyl halides is 3. The Labute approximate surface area is 263 Å². The molecule has 0 radical (unpaired) electrons. The molecule has 0 fully saturated rings. The van der Waals surface area contributed by atoms with Crippen LogP contribution in [0.3, 0.4) is 0 Å². The van der Waals surface area contributed by atoms with Gasteiger partial charge in [-0.3, -0.25) is 0 Å². The van der Waals surface area contributed by atoms with Crippen molar-refractivity contribution in [1.29, 1.82) is 0 Å². The second kappa shape index (κ2) is 13.7. The van der Waals surface area contributed by atoms with Crippen LogP contribution in [-0.4, -0.2) is 32.4 Å². The van der Waals surface area contributed by atoms with Crippen molar-refractivity contribution in [3.63, 3.8) is 0 Å². The van der Waals surface area contributed by atoms with Gasteiger partial charge in [-0.25, -0.2) is 24.1 Å². The highest BCUT2D eigenvalue weighted by atomic mass is 19.4. The molecule has 1 unspecified atom stereocenters. The van der Waals surface area contributed by atoms with Gasteiger partial charge in [-0.1, -0.05) is 12.1 Å². The smallest absolute Gasteiger partial charge is 0.416 e. The molecule has 0 saturated carbocycles. The van der Waals surface area contributed by atoms with E-state index < -0.39 is 17.7 Å². The first kappa shape index (κ1) is 32.0. The van der Waals surface area contributed by atoms with E-state index in [4.69, 9.17) is 9.72 Å². The van der Waals surface area contributed by atoms with E-state index in [-0.39, 0.29) is 23.2 Å². The molecule has 0 spiro atoms. The molecule has 3 heterocycles. The Morgan fingerprint density at radius 1 is 0.957 bits per heavy atom. The average molecular weight is 631 g/mol. The van der Waals surface area contributed by atoms with Gasteiger partial charge in [0.2, 0.25) is 5.95 Å². The molecule has 1 N–H and O–H groups in total. The third-order valence-corrected chi connectivity index (χ3v) is 7.51. The number of aryl methyl sites for hydroxylation is 1. The van der Waals surface area contributed by atoms with E-state index in [9.17, 15) is 22.4 Å². The Bertz CT molecular complexity index is 1790. The van der Waals surface area contributed by atoms with Crippen LogP contribution in [0.25, 0.3) is 0 Å². The Morgan fingerprint density at radius 2 is 1.70 bits per heavy atom. The van der Waals surface area contributed by atoms with Gasteiger partial charge in [0, 0.05) is 35.9 Å². The summed E-state index contributed by atoms with van der Waals surface area (Å²) in [6.07, 6.45) is 1.03. The average Bonchev–Trinajstić information content (AvgIpc) is 3.05. The molecule has 2 aromatic heterocycles. The molecule has 6 rings (SSSR count). The Morgan fingerprint density at radius 3 is 2.35 bits per heavy atom. The van der Waals surface area contributed by atoms with Crippen molar-refractivity contribution in [2.24, 2.45) is 0 Å². The molecule has 0 aliphatic carbocycles. The number of ether oxygens (including phenoxy) is 1. The molecule has 8 nitrogen and oxygen atoms in total. The fraction of sp³-hybridized carbons (Fsp3) is 0.206. The number of halogens is 4. The molecule has 46 heavy (non-hydrogen) atoms. The van der Waals surface area contributed by atoms with Crippen LogP contribution in [0.15, 0.2) is 91.5 Å². The first-order valence-electron chi connectivity index (χ1n) is 14.4. The molecule has 236 valence electrons. The van der Waals surface area contributed by atoms with Crippen LogP contribution in [-0.2, 0) is 12.6 Å². The monoisotopic (exact) mass is 630 g/mol. The van der Waals surface area contributed by atoms with Crippen LogP contribution in [0, 0.1) is 19.7 Å². The Hall–Kier alpha value is -5.39. The van der Waals surface area contributed by atoms with E-state index in [0.717, 1.165) is 40.3 Å². The highest BCUT2D eigenvalue weighted by Gasteiger charge is 2.31. The van der Waals surface area contributed by atoms with Crippen LogP contribution >= 0.6 is 0 Å². The zero-order valence-electron chi connectivity index (χ0n) is 25.2. The first-order valence-corrected chi connectivity index (χ1v) is 14.4. The van der Waals surface area contributed by atoms with E-state index >= 15 is 0 Å². The molecule has 12 heteroatoms.